The van der Waals surface area contributed by atoms with E-state index >= 15 is 0 Å². The Balaban J connectivity index is 1.55. The Bertz CT molecular complexity index is 673. The summed E-state index contributed by atoms with van der Waals surface area (Å²) >= 11 is 0. The number of pyridine rings is 1. The van der Waals surface area contributed by atoms with Gasteiger partial charge in [0.15, 0.2) is 5.76 Å². The number of hydrogen-bond donors (Lipinski definition) is 1. The van der Waals surface area contributed by atoms with Crippen LogP contribution in [0.4, 0.5) is 0 Å². The Morgan fingerprint density at radius 1 is 1.46 bits per heavy atom. The molecule has 3 rings (SSSR count). The molecule has 0 aliphatic carbocycles. The van der Waals surface area contributed by atoms with Gasteiger partial charge in [0.05, 0.1) is 19.2 Å². The highest BCUT2D eigenvalue weighted by atomic mass is 16.5. The second-order valence-corrected chi connectivity index (χ2v) is 6.20. The van der Waals surface area contributed by atoms with Crippen molar-refractivity contribution in [2.75, 3.05) is 26.7 Å². The lowest BCUT2D eigenvalue weighted by atomic mass is 10.1. The Hall–Kier alpha value is -2.25. The van der Waals surface area contributed by atoms with E-state index in [4.69, 9.17) is 4.52 Å². The molecular weight excluding hydrogens is 308 g/mol. The number of aliphatic hydroxyl groups is 1. The van der Waals surface area contributed by atoms with Crippen LogP contribution < -0.4 is 0 Å². The van der Waals surface area contributed by atoms with E-state index in [0.717, 1.165) is 30.6 Å². The average molecular weight is 330 g/mol. The number of carbonyl (C=O) groups excluding carboxylic acids is 1. The number of rotatable bonds is 5. The quantitative estimate of drug-likeness (QED) is 0.885. The van der Waals surface area contributed by atoms with E-state index in [1.54, 1.807) is 24.3 Å². The predicted molar refractivity (Wildman–Crippen MR) is 87.9 cm³/mol. The van der Waals surface area contributed by atoms with E-state index in [1.165, 1.54) is 0 Å². The summed E-state index contributed by atoms with van der Waals surface area (Å²) in [5.41, 5.74) is 1.66. The van der Waals surface area contributed by atoms with Crippen molar-refractivity contribution in [1.82, 2.24) is 19.9 Å². The van der Waals surface area contributed by atoms with Crippen molar-refractivity contribution < 1.29 is 14.4 Å². The first-order valence-electron chi connectivity index (χ1n) is 8.12. The molecule has 0 spiro atoms. The lowest BCUT2D eigenvalue weighted by molar-refractivity contribution is -0.132. The first kappa shape index (κ1) is 16.6. The summed E-state index contributed by atoms with van der Waals surface area (Å²) in [7, 11) is 1.75. The standard InChI is InChI=1S/C17H22N4O3/c1-20(17(23)12-21-8-2-3-14(22)10-21)11-15-9-16(19-24-15)13-4-6-18-7-5-13/h4-7,9,14,22H,2-3,8,10-12H2,1H3/t14-/m1/s1. The minimum atomic E-state index is -0.325. The molecule has 7 heteroatoms. The zero-order chi connectivity index (χ0) is 16.9. The fourth-order valence-electron chi connectivity index (χ4n) is 2.85. The number of carbonyl (C=O) groups is 1. The van der Waals surface area contributed by atoms with E-state index in [0.29, 0.717) is 25.4 Å². The van der Waals surface area contributed by atoms with E-state index in [2.05, 4.69) is 10.1 Å². The monoisotopic (exact) mass is 330 g/mol. The van der Waals surface area contributed by atoms with Crippen molar-refractivity contribution in [2.24, 2.45) is 0 Å². The van der Waals surface area contributed by atoms with E-state index in [-0.39, 0.29) is 12.0 Å². The Morgan fingerprint density at radius 2 is 2.25 bits per heavy atom. The van der Waals surface area contributed by atoms with E-state index < -0.39 is 0 Å². The molecule has 0 unspecified atom stereocenters. The molecule has 0 aromatic carbocycles. The van der Waals surface area contributed by atoms with Crippen LogP contribution in [-0.4, -0.2) is 63.7 Å². The lowest BCUT2D eigenvalue weighted by Crippen LogP contribution is -2.44. The molecule has 0 saturated carbocycles. The van der Waals surface area contributed by atoms with Crippen molar-refractivity contribution in [3.63, 3.8) is 0 Å². The molecule has 1 fully saturated rings. The third kappa shape index (κ3) is 4.18. The topological polar surface area (TPSA) is 82.7 Å². The van der Waals surface area contributed by atoms with Gasteiger partial charge in [0.1, 0.15) is 5.69 Å². The van der Waals surface area contributed by atoms with Gasteiger partial charge in [-0.25, -0.2) is 0 Å². The molecule has 1 aliphatic heterocycles. The van der Waals surface area contributed by atoms with Gasteiger partial charge in [0.2, 0.25) is 5.91 Å². The van der Waals surface area contributed by atoms with Crippen LogP contribution in [0.3, 0.4) is 0 Å². The molecule has 2 aromatic heterocycles. The van der Waals surface area contributed by atoms with Crippen molar-refractivity contribution in [1.29, 1.82) is 0 Å². The maximum absolute atomic E-state index is 12.3. The van der Waals surface area contributed by atoms with Crippen LogP contribution in [0.1, 0.15) is 18.6 Å². The van der Waals surface area contributed by atoms with Crippen LogP contribution in [0.15, 0.2) is 35.1 Å². The lowest BCUT2D eigenvalue weighted by Gasteiger charge is -2.30. The number of aliphatic hydroxyl groups excluding tert-OH is 1. The maximum atomic E-state index is 12.3. The van der Waals surface area contributed by atoms with E-state index in [9.17, 15) is 9.90 Å². The van der Waals surface area contributed by atoms with Gasteiger partial charge < -0.3 is 14.5 Å². The van der Waals surface area contributed by atoms with Crippen LogP contribution in [-0.2, 0) is 11.3 Å². The highest BCUT2D eigenvalue weighted by molar-refractivity contribution is 5.78. The minimum Gasteiger partial charge on any atom is -0.392 e. The fourth-order valence-corrected chi connectivity index (χ4v) is 2.85. The Morgan fingerprint density at radius 3 is 3.00 bits per heavy atom. The second kappa shape index (κ2) is 7.55. The summed E-state index contributed by atoms with van der Waals surface area (Å²) < 4.78 is 5.33. The summed E-state index contributed by atoms with van der Waals surface area (Å²) in [6, 6.07) is 5.56. The molecule has 24 heavy (non-hydrogen) atoms. The number of amides is 1. The fraction of sp³-hybridized carbons (Fsp3) is 0.471. The summed E-state index contributed by atoms with van der Waals surface area (Å²) in [4.78, 5) is 19.9. The molecule has 7 nitrogen and oxygen atoms in total. The molecule has 1 atom stereocenters. The number of piperidine rings is 1. The third-order valence-corrected chi connectivity index (χ3v) is 4.19. The zero-order valence-corrected chi connectivity index (χ0v) is 13.8. The van der Waals surface area contributed by atoms with Crippen LogP contribution in [0.5, 0.6) is 0 Å². The van der Waals surface area contributed by atoms with Gasteiger partial charge >= 0.3 is 0 Å². The highest BCUT2D eigenvalue weighted by Gasteiger charge is 2.21. The van der Waals surface area contributed by atoms with Crippen LogP contribution in [0.25, 0.3) is 11.3 Å². The largest absolute Gasteiger partial charge is 0.392 e. The van der Waals surface area contributed by atoms with Gasteiger partial charge in [-0.3, -0.25) is 14.7 Å². The molecule has 0 radical (unpaired) electrons. The number of aromatic nitrogens is 2. The van der Waals surface area contributed by atoms with Gasteiger partial charge in [-0.2, -0.15) is 0 Å². The SMILES string of the molecule is CN(Cc1cc(-c2ccncc2)no1)C(=O)CN1CCC[C@@H](O)C1. The second-order valence-electron chi connectivity index (χ2n) is 6.20. The Kier molecular flexibility index (Phi) is 5.22. The van der Waals surface area contributed by atoms with Crippen LogP contribution in [0, 0.1) is 0 Å². The van der Waals surface area contributed by atoms with Gasteiger partial charge in [0.25, 0.3) is 0 Å². The third-order valence-electron chi connectivity index (χ3n) is 4.19. The van der Waals surface area contributed by atoms with Crippen LogP contribution in [0.2, 0.25) is 0 Å². The van der Waals surface area contributed by atoms with Gasteiger partial charge in [0, 0.05) is 37.6 Å². The van der Waals surface area contributed by atoms with Gasteiger partial charge in [-0.1, -0.05) is 5.16 Å². The molecule has 1 N–H and O–H groups in total. The molecule has 1 aliphatic rings. The predicted octanol–water partition coefficient (Wildman–Crippen LogP) is 1.15. The molecule has 2 aromatic rings. The summed E-state index contributed by atoms with van der Waals surface area (Å²) in [5, 5.41) is 13.7. The number of hydrogen-bond acceptors (Lipinski definition) is 6. The van der Waals surface area contributed by atoms with Crippen LogP contribution >= 0.6 is 0 Å². The summed E-state index contributed by atoms with van der Waals surface area (Å²) in [5.74, 6) is 0.641. The molecule has 1 amide bonds. The number of likely N-dealkylation sites (N-methyl/N-ethyl adjacent to an activating group) is 1. The van der Waals surface area contributed by atoms with Gasteiger partial charge in [-0.05, 0) is 31.5 Å². The Labute approximate surface area is 140 Å². The number of nitrogens with zero attached hydrogens (tertiary/aromatic N) is 4. The first-order valence-corrected chi connectivity index (χ1v) is 8.12. The smallest absolute Gasteiger partial charge is 0.236 e. The normalized spacial score (nSPS) is 18.5. The molecule has 0 bridgehead atoms. The molecular formula is C17H22N4O3. The molecule has 1 saturated heterocycles. The average Bonchev–Trinajstić information content (AvgIpc) is 3.04. The van der Waals surface area contributed by atoms with Gasteiger partial charge in [-0.15, -0.1) is 0 Å². The zero-order valence-electron chi connectivity index (χ0n) is 13.8. The van der Waals surface area contributed by atoms with Crippen molar-refractivity contribution in [3.8, 4) is 11.3 Å². The summed E-state index contributed by atoms with van der Waals surface area (Å²) in [6.07, 6.45) is 4.82. The number of β-amino-alcohol motifs (C(OH)–C–C–N with tert-alkyl or cyclic N) is 1. The maximum Gasteiger partial charge on any atom is 0.236 e. The minimum absolute atomic E-state index is 0.00552. The number of likely N-dealkylation sites (tertiary alicyclic amines) is 1. The first-order chi connectivity index (χ1) is 11.6. The summed E-state index contributed by atoms with van der Waals surface area (Å²) in [6.45, 7) is 2.10. The molecule has 3 heterocycles. The molecule has 128 valence electrons. The van der Waals surface area contributed by atoms with E-state index in [1.807, 2.05) is 23.1 Å². The van der Waals surface area contributed by atoms with Crippen molar-refractivity contribution >= 4 is 5.91 Å². The van der Waals surface area contributed by atoms with Crippen molar-refractivity contribution in [2.45, 2.75) is 25.5 Å². The highest BCUT2D eigenvalue weighted by Crippen LogP contribution is 2.18. The van der Waals surface area contributed by atoms with Crippen molar-refractivity contribution in [3.05, 3.63) is 36.4 Å².